The molecule has 1 saturated carbocycles. The van der Waals surface area contributed by atoms with Gasteiger partial charge in [-0.15, -0.1) is 0 Å². The quantitative estimate of drug-likeness (QED) is 0.634. The Kier molecular flexibility index (Phi) is 9.57. The van der Waals surface area contributed by atoms with E-state index < -0.39 is 16.0 Å². The van der Waals surface area contributed by atoms with Crippen LogP contribution in [0.25, 0.3) is 0 Å². The molecule has 0 amide bonds. The number of hydrogen-bond donors (Lipinski definition) is 1. The topological polar surface area (TPSA) is 74.7 Å². The van der Waals surface area contributed by atoms with E-state index in [2.05, 4.69) is 12.1 Å². The predicted molar refractivity (Wildman–Crippen MR) is 120 cm³/mol. The van der Waals surface area contributed by atoms with E-state index in [4.69, 9.17) is 5.11 Å². The van der Waals surface area contributed by atoms with E-state index in [-0.39, 0.29) is 42.5 Å². The van der Waals surface area contributed by atoms with Crippen molar-refractivity contribution in [3.05, 3.63) is 70.8 Å². The Morgan fingerprint density at radius 1 is 0.967 bits per heavy atom. The first kappa shape index (κ1) is 25.1. The second-order valence-corrected chi connectivity index (χ2v) is 9.98. The van der Waals surface area contributed by atoms with Crippen molar-refractivity contribution in [1.29, 1.82) is 0 Å². The molecule has 0 saturated heterocycles. The summed E-state index contributed by atoms with van der Waals surface area (Å²) < 4.78 is 26.1. The number of carboxylic acid groups (broad SMARTS) is 1. The van der Waals surface area contributed by atoms with Crippen LogP contribution in [0.2, 0.25) is 0 Å². The van der Waals surface area contributed by atoms with Gasteiger partial charge < -0.3 is 5.11 Å². The van der Waals surface area contributed by atoms with Crippen molar-refractivity contribution in [2.24, 2.45) is 0 Å². The van der Waals surface area contributed by atoms with Crippen molar-refractivity contribution in [3.8, 4) is 0 Å². The molecule has 0 atom stereocenters. The summed E-state index contributed by atoms with van der Waals surface area (Å²) in [5.74, 6) is -0.277. The van der Waals surface area contributed by atoms with Gasteiger partial charge in [0.15, 0.2) is 0 Å². The normalized spacial score (nSPS) is 15.0. The minimum Gasteiger partial charge on any atom is -0.481 e. The molecule has 1 aliphatic rings. The Morgan fingerprint density at radius 2 is 1.57 bits per heavy atom. The average molecular weight is 439 g/mol. The Balaban J connectivity index is 0.00000320. The molecule has 2 aromatic rings. The van der Waals surface area contributed by atoms with Crippen molar-refractivity contribution >= 4 is 45.5 Å². The molecule has 2 aromatic carbocycles. The van der Waals surface area contributed by atoms with Crippen molar-refractivity contribution in [2.75, 3.05) is 6.26 Å². The molecule has 157 valence electrons. The third-order valence-electron chi connectivity index (χ3n) is 5.59. The molecule has 7 heteroatoms. The summed E-state index contributed by atoms with van der Waals surface area (Å²) >= 11 is 0. The molecule has 0 heterocycles. The number of aliphatic carboxylic acids is 1. The zero-order valence-electron chi connectivity index (χ0n) is 17.9. The Labute approximate surface area is 201 Å². The van der Waals surface area contributed by atoms with Crippen molar-refractivity contribution < 1.29 is 18.3 Å². The molecule has 1 radical (unpaired) electrons. The molecule has 30 heavy (non-hydrogen) atoms. The Hall–Kier alpha value is -1.18. The third-order valence-corrected chi connectivity index (χ3v) is 6.79. The zero-order valence-corrected chi connectivity index (χ0v) is 20.7. The first-order valence-electron chi connectivity index (χ1n) is 10.1. The van der Waals surface area contributed by atoms with Crippen LogP contribution in [0.3, 0.4) is 0 Å². The first-order chi connectivity index (χ1) is 13.8. The van der Waals surface area contributed by atoms with Gasteiger partial charge in [-0.3, -0.25) is 4.79 Å². The largest absolute Gasteiger partial charge is 0.481 e. The van der Waals surface area contributed by atoms with Crippen LogP contribution in [0.5, 0.6) is 0 Å². The van der Waals surface area contributed by atoms with Gasteiger partial charge in [0.2, 0.25) is 10.0 Å². The van der Waals surface area contributed by atoms with Gasteiger partial charge in [-0.2, -0.15) is 4.31 Å². The summed E-state index contributed by atoms with van der Waals surface area (Å²) in [5, 5.41) is 8.97. The van der Waals surface area contributed by atoms with Crippen LogP contribution in [0.4, 0.5) is 0 Å². The maximum absolute atomic E-state index is 12.3. The molecule has 0 unspecified atom stereocenters. The van der Waals surface area contributed by atoms with E-state index in [9.17, 15) is 13.2 Å². The predicted octanol–water partition coefficient (Wildman–Crippen LogP) is 3.94. The smallest absolute Gasteiger partial charge is 0.307 e. The van der Waals surface area contributed by atoms with Gasteiger partial charge in [0.25, 0.3) is 0 Å². The van der Waals surface area contributed by atoms with Gasteiger partial charge in [-0.25, -0.2) is 8.42 Å². The Bertz CT molecular complexity index is 938. The number of carboxylic acids is 1. The number of hydrogen-bond acceptors (Lipinski definition) is 3. The minimum atomic E-state index is -3.41. The van der Waals surface area contributed by atoms with E-state index >= 15 is 0 Å². The van der Waals surface area contributed by atoms with Crippen LogP contribution in [-0.2, 0) is 34.3 Å². The number of benzene rings is 2. The van der Waals surface area contributed by atoms with Crippen LogP contribution < -0.4 is 0 Å². The van der Waals surface area contributed by atoms with Crippen molar-refractivity contribution in [2.45, 2.75) is 57.5 Å². The van der Waals surface area contributed by atoms with Crippen LogP contribution in [0.15, 0.2) is 48.5 Å². The maximum atomic E-state index is 12.3. The van der Waals surface area contributed by atoms with Crippen LogP contribution in [0, 0.1) is 0 Å². The molecule has 1 fully saturated rings. The van der Waals surface area contributed by atoms with E-state index in [1.54, 1.807) is 18.2 Å². The van der Waals surface area contributed by atoms with Gasteiger partial charge in [0.1, 0.15) is 0 Å². The van der Waals surface area contributed by atoms with Crippen LogP contribution in [-0.4, -0.2) is 59.6 Å². The van der Waals surface area contributed by atoms with E-state index in [1.165, 1.54) is 48.2 Å². The number of carbonyl (C=O) groups is 1. The second-order valence-electron chi connectivity index (χ2n) is 8.00. The molecule has 1 aliphatic carbocycles. The van der Waals surface area contributed by atoms with Crippen LogP contribution >= 0.6 is 0 Å². The molecule has 5 nitrogen and oxygen atoms in total. The third kappa shape index (κ3) is 7.50. The molecule has 0 bridgehead atoms. The molecule has 0 aromatic heterocycles. The fourth-order valence-electron chi connectivity index (χ4n) is 4.04. The van der Waals surface area contributed by atoms with E-state index in [0.29, 0.717) is 18.0 Å². The summed E-state index contributed by atoms with van der Waals surface area (Å²) in [6.07, 6.45) is 7.51. The minimum absolute atomic E-state index is 0. The summed E-state index contributed by atoms with van der Waals surface area (Å²) in [7, 11) is -3.41. The number of sulfonamides is 1. The molecule has 0 aliphatic heterocycles. The molecule has 3 rings (SSSR count). The molecule has 1 N–H and O–H groups in total. The second kappa shape index (κ2) is 11.4. The number of rotatable bonds is 8. The fraction of sp³-hybridized carbons (Fsp3) is 0.435. The first-order valence-corrected chi connectivity index (χ1v) is 12.0. The SMILES string of the molecule is CS(=O)(=O)N(Cc1ccc(C2CCCCC2)cc1)Cc1cccc(CC(=O)O)c1.[Na]. The van der Waals surface area contributed by atoms with Gasteiger partial charge >= 0.3 is 5.97 Å². The van der Waals surface area contributed by atoms with Crippen LogP contribution in [0.1, 0.15) is 60.3 Å². The van der Waals surface area contributed by atoms with Gasteiger partial charge in [-0.1, -0.05) is 67.8 Å². The Morgan fingerprint density at radius 3 is 2.17 bits per heavy atom. The summed E-state index contributed by atoms with van der Waals surface area (Å²) in [6.45, 7) is 0.517. The standard InChI is InChI=1S/C23H29NO4S.Na/c1-29(27,28)24(17-20-7-5-6-19(14-20)15-23(25)26)16-18-10-12-22(13-11-18)21-8-3-2-4-9-21;/h5-7,10-14,21H,2-4,8-9,15-17H2,1H3,(H,25,26);. The van der Waals surface area contributed by atoms with Gasteiger partial charge in [0, 0.05) is 42.6 Å². The summed E-state index contributed by atoms with van der Waals surface area (Å²) in [4.78, 5) is 10.9. The zero-order chi connectivity index (χ0) is 20.9. The molecule has 0 spiro atoms. The van der Waals surface area contributed by atoms with Crippen molar-refractivity contribution in [1.82, 2.24) is 4.31 Å². The molecular formula is C23H29NNaO4S. The van der Waals surface area contributed by atoms with E-state index in [0.717, 1.165) is 11.1 Å². The average Bonchev–Trinajstić information content (AvgIpc) is 2.68. The molecular weight excluding hydrogens is 409 g/mol. The van der Waals surface area contributed by atoms with Gasteiger partial charge in [-0.05, 0) is 41.0 Å². The number of nitrogens with zero attached hydrogens (tertiary/aromatic N) is 1. The van der Waals surface area contributed by atoms with Gasteiger partial charge in [0.05, 0.1) is 12.7 Å². The summed E-state index contributed by atoms with van der Waals surface area (Å²) in [5.41, 5.74) is 3.76. The summed E-state index contributed by atoms with van der Waals surface area (Å²) in [6, 6.07) is 15.4. The monoisotopic (exact) mass is 438 g/mol. The van der Waals surface area contributed by atoms with E-state index in [1.807, 2.05) is 18.2 Å². The maximum Gasteiger partial charge on any atom is 0.307 e. The van der Waals surface area contributed by atoms with Crippen molar-refractivity contribution in [3.63, 3.8) is 0 Å². The fourth-order valence-corrected chi connectivity index (χ4v) is 4.81.